The first-order valence-electron chi connectivity index (χ1n) is 6.60. The number of likely N-dealkylation sites (tertiary alicyclic amines) is 1. The summed E-state index contributed by atoms with van der Waals surface area (Å²) in [5, 5.41) is 11.6. The summed E-state index contributed by atoms with van der Waals surface area (Å²) in [5.74, 6) is -1.55. The Morgan fingerprint density at radius 2 is 1.89 bits per heavy atom. The molecule has 4 N–H and O–H groups in total. The van der Waals surface area contributed by atoms with Crippen LogP contribution >= 0.6 is 0 Å². The van der Waals surface area contributed by atoms with Gasteiger partial charge in [-0.05, 0) is 38.0 Å². The highest BCUT2D eigenvalue weighted by molar-refractivity contribution is 5.88. The zero-order valence-corrected chi connectivity index (χ0v) is 10.7. The van der Waals surface area contributed by atoms with E-state index in [2.05, 4.69) is 5.32 Å². The molecule has 1 aliphatic carbocycles. The van der Waals surface area contributed by atoms with Gasteiger partial charge < -0.3 is 21.1 Å². The molecule has 19 heavy (non-hydrogen) atoms. The number of piperidine rings is 1. The van der Waals surface area contributed by atoms with Crippen LogP contribution in [0.15, 0.2) is 0 Å². The molecule has 1 saturated carbocycles. The van der Waals surface area contributed by atoms with Gasteiger partial charge >= 0.3 is 12.0 Å². The first-order valence-corrected chi connectivity index (χ1v) is 6.60. The number of carbonyl (C=O) groups is 3. The molecule has 0 radical (unpaired) electrons. The molecule has 3 amide bonds. The van der Waals surface area contributed by atoms with E-state index < -0.39 is 30.0 Å². The number of amides is 3. The molecular weight excluding hydrogens is 250 g/mol. The van der Waals surface area contributed by atoms with Crippen molar-refractivity contribution < 1.29 is 19.5 Å². The van der Waals surface area contributed by atoms with E-state index in [9.17, 15) is 14.4 Å². The molecule has 0 aromatic rings. The number of urea groups is 1. The van der Waals surface area contributed by atoms with Crippen LogP contribution in [-0.2, 0) is 9.59 Å². The number of carbonyl (C=O) groups excluding carboxylic acids is 2. The number of nitrogens with two attached hydrogens (primary N) is 1. The van der Waals surface area contributed by atoms with Crippen LogP contribution in [0.25, 0.3) is 0 Å². The molecule has 7 heteroatoms. The van der Waals surface area contributed by atoms with Gasteiger partial charge in [-0.1, -0.05) is 0 Å². The van der Waals surface area contributed by atoms with Crippen molar-refractivity contribution in [3.8, 4) is 0 Å². The number of primary amides is 1. The quantitative estimate of drug-likeness (QED) is 0.661. The average molecular weight is 269 g/mol. The van der Waals surface area contributed by atoms with Crippen molar-refractivity contribution in [2.75, 3.05) is 6.54 Å². The molecule has 106 valence electrons. The Balaban J connectivity index is 2.00. The zero-order valence-electron chi connectivity index (χ0n) is 10.7. The molecule has 2 aliphatic rings. The number of nitrogens with zero attached hydrogens (tertiary/aromatic N) is 1. The van der Waals surface area contributed by atoms with E-state index in [1.807, 2.05) is 0 Å². The van der Waals surface area contributed by atoms with Crippen molar-refractivity contribution in [2.45, 2.75) is 44.2 Å². The van der Waals surface area contributed by atoms with Crippen molar-refractivity contribution >= 4 is 17.9 Å². The molecule has 0 aromatic carbocycles. The number of aliphatic carboxylic acids is 1. The normalized spacial score (nSPS) is 24.6. The maximum atomic E-state index is 12.1. The van der Waals surface area contributed by atoms with E-state index >= 15 is 0 Å². The SMILES string of the molecule is NC(=O)C1CCCCN1C(=O)NC(C(=O)O)C1CC1. The fourth-order valence-electron chi connectivity index (χ4n) is 2.50. The molecule has 2 fully saturated rings. The Bertz CT molecular complexity index is 394. The van der Waals surface area contributed by atoms with Crippen LogP contribution in [0.2, 0.25) is 0 Å². The van der Waals surface area contributed by atoms with Gasteiger partial charge in [-0.15, -0.1) is 0 Å². The minimum Gasteiger partial charge on any atom is -0.480 e. The monoisotopic (exact) mass is 269 g/mol. The second kappa shape index (κ2) is 5.46. The van der Waals surface area contributed by atoms with Crippen LogP contribution in [0.3, 0.4) is 0 Å². The van der Waals surface area contributed by atoms with Gasteiger partial charge in [-0.25, -0.2) is 9.59 Å². The number of rotatable bonds is 4. The molecule has 7 nitrogen and oxygen atoms in total. The summed E-state index contributed by atoms with van der Waals surface area (Å²) in [5.41, 5.74) is 5.28. The summed E-state index contributed by atoms with van der Waals surface area (Å²) in [4.78, 5) is 35.9. The standard InChI is InChI=1S/C12H19N3O4/c13-10(16)8-3-1-2-6-15(8)12(19)14-9(11(17)18)7-4-5-7/h7-9H,1-6H2,(H2,13,16)(H,14,19)(H,17,18). The first kappa shape index (κ1) is 13.6. The Morgan fingerprint density at radius 3 is 2.42 bits per heavy atom. The summed E-state index contributed by atoms with van der Waals surface area (Å²) in [6.45, 7) is 0.441. The highest BCUT2D eigenvalue weighted by atomic mass is 16.4. The van der Waals surface area contributed by atoms with Gasteiger partial charge in [0.2, 0.25) is 5.91 Å². The highest BCUT2D eigenvalue weighted by Gasteiger charge is 2.39. The maximum Gasteiger partial charge on any atom is 0.326 e. The van der Waals surface area contributed by atoms with Crippen molar-refractivity contribution in [1.82, 2.24) is 10.2 Å². The number of carboxylic acids is 1. The summed E-state index contributed by atoms with van der Waals surface area (Å²) < 4.78 is 0. The third kappa shape index (κ3) is 3.15. The second-order valence-electron chi connectivity index (χ2n) is 5.21. The largest absolute Gasteiger partial charge is 0.480 e. The Kier molecular flexibility index (Phi) is 3.92. The van der Waals surface area contributed by atoms with Gasteiger partial charge in [-0.3, -0.25) is 4.79 Å². The van der Waals surface area contributed by atoms with Gasteiger partial charge in [0.1, 0.15) is 12.1 Å². The van der Waals surface area contributed by atoms with Crippen molar-refractivity contribution in [2.24, 2.45) is 11.7 Å². The number of carboxylic acid groups (broad SMARTS) is 1. The van der Waals surface area contributed by atoms with E-state index in [1.54, 1.807) is 0 Å². The topological polar surface area (TPSA) is 113 Å². The average Bonchev–Trinajstić information content (AvgIpc) is 3.19. The van der Waals surface area contributed by atoms with E-state index in [0.29, 0.717) is 13.0 Å². The minimum absolute atomic E-state index is 0.0123. The Morgan fingerprint density at radius 1 is 1.21 bits per heavy atom. The smallest absolute Gasteiger partial charge is 0.326 e. The fourth-order valence-corrected chi connectivity index (χ4v) is 2.50. The molecule has 1 saturated heterocycles. The maximum absolute atomic E-state index is 12.1. The van der Waals surface area contributed by atoms with Crippen LogP contribution in [0.1, 0.15) is 32.1 Å². The van der Waals surface area contributed by atoms with Crippen molar-refractivity contribution in [3.05, 3.63) is 0 Å². The molecule has 0 bridgehead atoms. The van der Waals surface area contributed by atoms with Crippen molar-refractivity contribution in [3.63, 3.8) is 0 Å². The summed E-state index contributed by atoms with van der Waals surface area (Å²) >= 11 is 0. The molecule has 1 heterocycles. The predicted molar refractivity (Wildman–Crippen MR) is 66.2 cm³/mol. The molecule has 1 aliphatic heterocycles. The molecule has 0 spiro atoms. The van der Waals surface area contributed by atoms with Gasteiger partial charge in [0.05, 0.1) is 0 Å². The Hall–Kier alpha value is -1.79. The molecule has 2 rings (SSSR count). The first-order chi connectivity index (χ1) is 9.00. The number of nitrogens with one attached hydrogen (secondary N) is 1. The number of hydrogen-bond acceptors (Lipinski definition) is 3. The highest BCUT2D eigenvalue weighted by Crippen LogP contribution is 2.33. The van der Waals surface area contributed by atoms with E-state index in [4.69, 9.17) is 10.8 Å². The third-order valence-electron chi connectivity index (χ3n) is 3.73. The molecular formula is C12H19N3O4. The lowest BCUT2D eigenvalue weighted by molar-refractivity contribution is -0.139. The van der Waals surface area contributed by atoms with Gasteiger partial charge in [0.15, 0.2) is 0 Å². The van der Waals surface area contributed by atoms with Gasteiger partial charge in [0.25, 0.3) is 0 Å². The fraction of sp³-hybridized carbons (Fsp3) is 0.750. The second-order valence-corrected chi connectivity index (χ2v) is 5.21. The van der Waals surface area contributed by atoms with Crippen LogP contribution in [-0.4, -0.2) is 46.5 Å². The Labute approximate surface area is 111 Å². The lowest BCUT2D eigenvalue weighted by Gasteiger charge is -2.34. The van der Waals surface area contributed by atoms with Crippen LogP contribution in [0.5, 0.6) is 0 Å². The number of hydrogen-bond donors (Lipinski definition) is 3. The summed E-state index contributed by atoms with van der Waals surface area (Å²) in [6, 6.07) is -1.98. The third-order valence-corrected chi connectivity index (χ3v) is 3.73. The molecule has 2 atom stereocenters. The summed E-state index contributed by atoms with van der Waals surface area (Å²) in [7, 11) is 0. The van der Waals surface area contributed by atoms with Gasteiger partial charge in [-0.2, -0.15) is 0 Å². The minimum atomic E-state index is -1.02. The van der Waals surface area contributed by atoms with Crippen LogP contribution in [0.4, 0.5) is 4.79 Å². The molecule has 2 unspecified atom stereocenters. The lowest BCUT2D eigenvalue weighted by Crippen LogP contribution is -2.56. The summed E-state index contributed by atoms with van der Waals surface area (Å²) in [6.07, 6.45) is 3.83. The zero-order chi connectivity index (χ0) is 14.0. The van der Waals surface area contributed by atoms with E-state index in [1.165, 1.54) is 4.90 Å². The lowest BCUT2D eigenvalue weighted by atomic mass is 10.0. The van der Waals surface area contributed by atoms with E-state index in [0.717, 1.165) is 25.7 Å². The van der Waals surface area contributed by atoms with E-state index in [-0.39, 0.29) is 5.92 Å². The van der Waals surface area contributed by atoms with Gasteiger partial charge in [0, 0.05) is 6.54 Å². The van der Waals surface area contributed by atoms with Crippen LogP contribution < -0.4 is 11.1 Å². The molecule has 0 aromatic heterocycles. The predicted octanol–water partition coefficient (Wildman–Crippen LogP) is -0.101. The van der Waals surface area contributed by atoms with Crippen LogP contribution in [0, 0.1) is 5.92 Å². The van der Waals surface area contributed by atoms with Crippen molar-refractivity contribution in [1.29, 1.82) is 0 Å².